The summed E-state index contributed by atoms with van der Waals surface area (Å²) in [7, 11) is 0. The van der Waals surface area contributed by atoms with E-state index in [0.29, 0.717) is 18.1 Å². The number of nitrogens with zero attached hydrogens (tertiary/aromatic N) is 3. The molecule has 0 radical (unpaired) electrons. The highest BCUT2D eigenvalue weighted by Gasteiger charge is 2.41. The summed E-state index contributed by atoms with van der Waals surface area (Å²) in [6.07, 6.45) is 4.19. The van der Waals surface area contributed by atoms with Crippen molar-refractivity contribution in [1.82, 2.24) is 19.8 Å². The Hall–Kier alpha value is -3.97. The minimum Gasteiger partial charge on any atom is -0.352 e. The molecule has 2 aromatic heterocycles. The number of thiocarbonyl (C=S) groups is 1. The van der Waals surface area contributed by atoms with Crippen molar-refractivity contribution in [2.24, 2.45) is 0 Å². The number of amides is 1. The second-order valence-electron chi connectivity index (χ2n) is 9.58. The summed E-state index contributed by atoms with van der Waals surface area (Å²) in [5.41, 5.74) is 7.29. The van der Waals surface area contributed by atoms with Gasteiger partial charge in [0.25, 0.3) is 0 Å². The van der Waals surface area contributed by atoms with Crippen molar-refractivity contribution in [3.63, 3.8) is 0 Å². The standard InChI is InChI=1S/C30H31N5OS/c1-20-10-13-23(14-11-20)34-17-6-8-26(34)29-28(24-7-4-5-16-31-24)33-30(37)35(29)18-15-27(36)32-25-19-21(2)9-12-22(25)3/h4-14,16-17,19,28-29H,15,18H2,1-3H3,(H,32,36)(H,33,37). The number of carbonyl (C=O) groups excluding carboxylic acids is 1. The van der Waals surface area contributed by atoms with Crippen molar-refractivity contribution < 1.29 is 4.79 Å². The first-order valence-electron chi connectivity index (χ1n) is 12.5. The summed E-state index contributed by atoms with van der Waals surface area (Å²) < 4.78 is 2.19. The first-order chi connectivity index (χ1) is 17.9. The number of aromatic nitrogens is 2. The van der Waals surface area contributed by atoms with E-state index in [-0.39, 0.29) is 18.0 Å². The van der Waals surface area contributed by atoms with E-state index in [4.69, 9.17) is 12.2 Å². The number of carbonyl (C=O) groups is 1. The zero-order valence-electron chi connectivity index (χ0n) is 21.3. The van der Waals surface area contributed by atoms with Gasteiger partial charge in [0.15, 0.2) is 5.11 Å². The largest absolute Gasteiger partial charge is 0.352 e. The summed E-state index contributed by atoms with van der Waals surface area (Å²) in [6, 6.07) is 24.4. The number of nitrogens with one attached hydrogen (secondary N) is 2. The predicted molar refractivity (Wildman–Crippen MR) is 152 cm³/mol. The van der Waals surface area contributed by atoms with Crippen LogP contribution in [0.4, 0.5) is 5.69 Å². The van der Waals surface area contributed by atoms with Gasteiger partial charge in [-0.3, -0.25) is 9.78 Å². The van der Waals surface area contributed by atoms with Gasteiger partial charge in [-0.25, -0.2) is 0 Å². The molecule has 1 amide bonds. The molecule has 2 aromatic carbocycles. The highest BCUT2D eigenvalue weighted by Crippen LogP contribution is 2.39. The predicted octanol–water partition coefficient (Wildman–Crippen LogP) is 5.80. The Morgan fingerprint density at radius 1 is 1.00 bits per heavy atom. The Morgan fingerprint density at radius 2 is 1.78 bits per heavy atom. The zero-order valence-corrected chi connectivity index (χ0v) is 22.1. The lowest BCUT2D eigenvalue weighted by Crippen LogP contribution is -2.33. The number of hydrogen-bond acceptors (Lipinski definition) is 3. The van der Waals surface area contributed by atoms with Crippen molar-refractivity contribution in [3.05, 3.63) is 113 Å². The van der Waals surface area contributed by atoms with Gasteiger partial charge >= 0.3 is 0 Å². The lowest BCUT2D eigenvalue weighted by Gasteiger charge is -2.29. The molecule has 7 heteroatoms. The van der Waals surface area contributed by atoms with E-state index in [2.05, 4.69) is 74.6 Å². The maximum atomic E-state index is 13.0. The van der Waals surface area contributed by atoms with Crippen LogP contribution in [0.25, 0.3) is 5.69 Å². The van der Waals surface area contributed by atoms with Crippen molar-refractivity contribution >= 4 is 28.9 Å². The fraction of sp³-hybridized carbons (Fsp3) is 0.233. The Bertz CT molecular complexity index is 1410. The summed E-state index contributed by atoms with van der Waals surface area (Å²) in [5, 5.41) is 7.19. The van der Waals surface area contributed by atoms with Crippen LogP contribution >= 0.6 is 12.2 Å². The monoisotopic (exact) mass is 509 g/mol. The van der Waals surface area contributed by atoms with Crippen LogP contribution in [0.15, 0.2) is 85.2 Å². The molecule has 3 heterocycles. The molecule has 2 unspecified atom stereocenters. The van der Waals surface area contributed by atoms with Gasteiger partial charge in [0.2, 0.25) is 5.91 Å². The molecule has 4 aromatic rings. The molecular weight excluding hydrogens is 478 g/mol. The van der Waals surface area contributed by atoms with Gasteiger partial charge in [-0.2, -0.15) is 0 Å². The first kappa shape index (κ1) is 24.7. The molecule has 2 N–H and O–H groups in total. The Kier molecular flexibility index (Phi) is 7.06. The quantitative estimate of drug-likeness (QED) is 0.309. The topological polar surface area (TPSA) is 62.2 Å². The van der Waals surface area contributed by atoms with Gasteiger partial charge in [0, 0.05) is 42.4 Å². The number of aryl methyl sites for hydroxylation is 3. The van der Waals surface area contributed by atoms with Crippen molar-refractivity contribution in [2.45, 2.75) is 39.3 Å². The summed E-state index contributed by atoms with van der Waals surface area (Å²) in [6.45, 7) is 6.59. The zero-order chi connectivity index (χ0) is 25.9. The molecule has 0 spiro atoms. The van der Waals surface area contributed by atoms with Crippen LogP contribution in [0.2, 0.25) is 0 Å². The number of benzene rings is 2. The third kappa shape index (κ3) is 5.27. The van der Waals surface area contributed by atoms with Crippen molar-refractivity contribution in [2.75, 3.05) is 11.9 Å². The second-order valence-corrected chi connectivity index (χ2v) is 9.96. The molecule has 5 rings (SSSR count). The summed E-state index contributed by atoms with van der Waals surface area (Å²) >= 11 is 5.81. The maximum absolute atomic E-state index is 13.0. The summed E-state index contributed by atoms with van der Waals surface area (Å²) in [4.78, 5) is 19.7. The molecule has 6 nitrogen and oxygen atoms in total. The van der Waals surface area contributed by atoms with E-state index in [1.807, 2.05) is 50.2 Å². The molecule has 1 fully saturated rings. The Labute approximate surface area is 223 Å². The van der Waals surface area contributed by atoms with Crippen LogP contribution in [0.1, 0.15) is 46.6 Å². The molecule has 1 aliphatic rings. The second kappa shape index (κ2) is 10.6. The molecular formula is C30H31N5OS. The van der Waals surface area contributed by atoms with E-state index in [1.54, 1.807) is 6.20 Å². The molecule has 1 saturated heterocycles. The highest BCUT2D eigenvalue weighted by atomic mass is 32.1. The van der Waals surface area contributed by atoms with Gasteiger partial charge in [0.1, 0.15) is 0 Å². The van der Waals surface area contributed by atoms with Crippen molar-refractivity contribution in [1.29, 1.82) is 0 Å². The van der Waals surface area contributed by atoms with E-state index in [0.717, 1.165) is 33.9 Å². The number of hydrogen-bond donors (Lipinski definition) is 2. The molecule has 0 aliphatic carbocycles. The minimum absolute atomic E-state index is 0.0366. The molecule has 2 atom stereocenters. The Morgan fingerprint density at radius 3 is 2.54 bits per heavy atom. The van der Waals surface area contributed by atoms with Crippen LogP contribution in [-0.4, -0.2) is 32.0 Å². The fourth-order valence-electron chi connectivity index (χ4n) is 4.85. The average Bonchev–Trinajstić information content (AvgIpc) is 3.50. The first-order valence-corrected chi connectivity index (χ1v) is 12.9. The van der Waals surface area contributed by atoms with Crippen LogP contribution in [0.5, 0.6) is 0 Å². The van der Waals surface area contributed by atoms with Crippen LogP contribution in [-0.2, 0) is 4.79 Å². The number of pyridine rings is 1. The summed E-state index contributed by atoms with van der Waals surface area (Å²) in [5.74, 6) is -0.0366. The average molecular weight is 510 g/mol. The third-order valence-corrected chi connectivity index (χ3v) is 7.19. The Balaban J connectivity index is 1.44. The highest BCUT2D eigenvalue weighted by molar-refractivity contribution is 7.80. The molecule has 1 aliphatic heterocycles. The maximum Gasteiger partial charge on any atom is 0.226 e. The van der Waals surface area contributed by atoms with Gasteiger partial charge in [-0.1, -0.05) is 35.9 Å². The molecule has 0 saturated carbocycles. The van der Waals surface area contributed by atoms with Crippen LogP contribution < -0.4 is 10.6 Å². The van der Waals surface area contributed by atoms with Gasteiger partial charge in [-0.15, -0.1) is 0 Å². The van der Waals surface area contributed by atoms with E-state index in [9.17, 15) is 4.79 Å². The lowest BCUT2D eigenvalue weighted by molar-refractivity contribution is -0.116. The van der Waals surface area contributed by atoms with Crippen molar-refractivity contribution in [3.8, 4) is 5.69 Å². The molecule has 37 heavy (non-hydrogen) atoms. The van der Waals surface area contributed by atoms with E-state index < -0.39 is 0 Å². The lowest BCUT2D eigenvalue weighted by atomic mass is 10.0. The molecule has 0 bridgehead atoms. The SMILES string of the molecule is Cc1ccc(-n2cccc2C2C(c3ccccn3)NC(=S)N2CCC(=O)Nc2cc(C)ccc2C)cc1. The van der Waals surface area contributed by atoms with E-state index in [1.165, 1.54) is 5.56 Å². The van der Waals surface area contributed by atoms with Crippen LogP contribution in [0.3, 0.4) is 0 Å². The third-order valence-electron chi connectivity index (χ3n) is 6.84. The van der Waals surface area contributed by atoms with Gasteiger partial charge in [0.05, 0.1) is 17.8 Å². The normalized spacial score (nSPS) is 17.1. The van der Waals surface area contributed by atoms with Gasteiger partial charge in [-0.05, 0) is 86.6 Å². The van der Waals surface area contributed by atoms with E-state index >= 15 is 0 Å². The smallest absolute Gasteiger partial charge is 0.226 e. The van der Waals surface area contributed by atoms with Gasteiger partial charge < -0.3 is 20.1 Å². The fourth-order valence-corrected chi connectivity index (χ4v) is 5.18. The minimum atomic E-state index is -0.144. The number of rotatable bonds is 7. The van der Waals surface area contributed by atoms with Crippen LogP contribution in [0, 0.1) is 20.8 Å². The molecule has 188 valence electrons. The number of anilines is 1.